The van der Waals surface area contributed by atoms with Gasteiger partial charge in [0.25, 0.3) is 5.69 Å². The van der Waals surface area contributed by atoms with E-state index >= 15 is 0 Å². The van der Waals surface area contributed by atoms with Crippen molar-refractivity contribution in [3.8, 4) is 5.75 Å². The molecular formula is C14H20ClN3O3. The molecule has 0 aliphatic carbocycles. The highest BCUT2D eigenvalue weighted by atomic mass is 35.5. The molecule has 1 aliphatic heterocycles. The van der Waals surface area contributed by atoms with Crippen molar-refractivity contribution in [1.29, 1.82) is 0 Å². The van der Waals surface area contributed by atoms with Crippen LogP contribution >= 0.6 is 12.4 Å². The summed E-state index contributed by atoms with van der Waals surface area (Å²) < 4.78 is 0. The molecule has 1 aromatic rings. The largest absolute Gasteiger partial charge is 0.357 e. The molecule has 1 fully saturated rings. The smallest absolute Gasteiger partial charge is 0.269 e. The van der Waals surface area contributed by atoms with E-state index in [1.54, 1.807) is 12.1 Å². The molecule has 1 aromatic carbocycles. The third-order valence-corrected chi connectivity index (χ3v) is 3.70. The summed E-state index contributed by atoms with van der Waals surface area (Å²) in [6.45, 7) is 5.25. The van der Waals surface area contributed by atoms with Crippen molar-refractivity contribution in [3.63, 3.8) is 0 Å². The van der Waals surface area contributed by atoms with Crippen molar-refractivity contribution in [2.75, 3.05) is 13.6 Å². The van der Waals surface area contributed by atoms with E-state index in [1.165, 1.54) is 12.1 Å². The number of nitro groups is 1. The summed E-state index contributed by atoms with van der Waals surface area (Å²) in [5, 5.41) is 14.8. The van der Waals surface area contributed by atoms with Gasteiger partial charge in [-0.2, -0.15) is 0 Å². The van der Waals surface area contributed by atoms with Crippen LogP contribution in [-0.4, -0.2) is 35.2 Å². The van der Waals surface area contributed by atoms with Crippen LogP contribution in [0.25, 0.3) is 0 Å². The van der Waals surface area contributed by atoms with Gasteiger partial charge in [-0.15, -0.1) is 12.4 Å². The molecule has 1 saturated heterocycles. The van der Waals surface area contributed by atoms with E-state index in [0.29, 0.717) is 17.7 Å². The highest BCUT2D eigenvalue weighted by Crippen LogP contribution is 2.21. The van der Waals surface area contributed by atoms with Gasteiger partial charge in [0.05, 0.1) is 10.6 Å². The number of oxime groups is 1. The average molecular weight is 314 g/mol. The topological polar surface area (TPSA) is 68.0 Å². The normalized spacial score (nSPS) is 24.4. The monoisotopic (exact) mass is 313 g/mol. The van der Waals surface area contributed by atoms with Gasteiger partial charge in [-0.25, -0.2) is 0 Å². The Bertz CT molecular complexity index is 519. The number of likely N-dealkylation sites (tertiary alicyclic amines) is 1. The minimum atomic E-state index is -0.434. The number of halogens is 1. The first-order valence-electron chi connectivity index (χ1n) is 6.66. The summed E-state index contributed by atoms with van der Waals surface area (Å²) in [4.78, 5) is 17.8. The Hall–Kier alpha value is -1.66. The molecule has 21 heavy (non-hydrogen) atoms. The molecule has 2 unspecified atom stereocenters. The lowest BCUT2D eigenvalue weighted by atomic mass is 9.93. The van der Waals surface area contributed by atoms with Crippen LogP contribution in [0.2, 0.25) is 0 Å². The standard InChI is InChI=1S/C14H19N3O3.ClH/c1-10-9-16(3)11(2)8-14(10)15-20-13-6-4-12(5-7-13)17(18)19;/h4-7,10-11H,8-9H2,1-3H3;1H/b15-14+;. The zero-order valence-corrected chi connectivity index (χ0v) is 13.2. The van der Waals surface area contributed by atoms with Crippen LogP contribution < -0.4 is 4.84 Å². The molecule has 116 valence electrons. The summed E-state index contributed by atoms with van der Waals surface area (Å²) >= 11 is 0. The van der Waals surface area contributed by atoms with Gasteiger partial charge in [0.2, 0.25) is 0 Å². The summed E-state index contributed by atoms with van der Waals surface area (Å²) in [6.07, 6.45) is 0.880. The van der Waals surface area contributed by atoms with Crippen molar-refractivity contribution in [2.24, 2.45) is 11.1 Å². The van der Waals surface area contributed by atoms with Gasteiger partial charge in [0.1, 0.15) is 0 Å². The minimum absolute atomic E-state index is 0. The molecular weight excluding hydrogens is 294 g/mol. The second kappa shape index (κ2) is 7.38. The lowest BCUT2D eigenvalue weighted by Crippen LogP contribution is -2.43. The number of piperidine rings is 1. The molecule has 0 amide bonds. The molecule has 7 heteroatoms. The predicted molar refractivity (Wildman–Crippen MR) is 84.3 cm³/mol. The average Bonchev–Trinajstić information content (AvgIpc) is 2.42. The quantitative estimate of drug-likeness (QED) is 0.635. The summed E-state index contributed by atoms with van der Waals surface area (Å²) in [7, 11) is 2.11. The third-order valence-electron chi connectivity index (χ3n) is 3.70. The van der Waals surface area contributed by atoms with E-state index in [2.05, 4.69) is 31.0 Å². The predicted octanol–water partition coefficient (Wildman–Crippen LogP) is 3.11. The maximum absolute atomic E-state index is 10.6. The number of rotatable bonds is 3. The maximum Gasteiger partial charge on any atom is 0.269 e. The molecule has 2 atom stereocenters. The SMILES string of the molecule is CC1CN(C)C(C)C/C1=N\Oc1ccc([N+](=O)[O-])cc1.Cl. The van der Waals surface area contributed by atoms with Crippen LogP contribution in [0.1, 0.15) is 20.3 Å². The molecule has 2 rings (SSSR count). The summed E-state index contributed by atoms with van der Waals surface area (Å²) in [5.41, 5.74) is 1.08. The van der Waals surface area contributed by atoms with E-state index < -0.39 is 4.92 Å². The van der Waals surface area contributed by atoms with Gasteiger partial charge in [0, 0.05) is 37.1 Å². The van der Waals surface area contributed by atoms with Crippen molar-refractivity contribution < 1.29 is 9.76 Å². The molecule has 0 bridgehead atoms. The first kappa shape index (κ1) is 17.4. The van der Waals surface area contributed by atoms with Crippen LogP contribution in [-0.2, 0) is 0 Å². The molecule has 0 N–H and O–H groups in total. The van der Waals surface area contributed by atoms with Crippen molar-refractivity contribution >= 4 is 23.8 Å². The number of benzene rings is 1. The second-order valence-electron chi connectivity index (χ2n) is 5.32. The Labute approximate surface area is 130 Å². The Kier molecular flexibility index (Phi) is 6.11. The van der Waals surface area contributed by atoms with E-state index in [9.17, 15) is 10.1 Å². The highest BCUT2D eigenvalue weighted by molar-refractivity contribution is 5.87. The van der Waals surface area contributed by atoms with E-state index in [4.69, 9.17) is 4.84 Å². The van der Waals surface area contributed by atoms with Crippen LogP contribution in [0.4, 0.5) is 5.69 Å². The Morgan fingerprint density at radius 2 is 1.95 bits per heavy atom. The van der Waals surface area contributed by atoms with Crippen molar-refractivity contribution in [3.05, 3.63) is 34.4 Å². The highest BCUT2D eigenvalue weighted by Gasteiger charge is 2.25. The first-order chi connectivity index (χ1) is 9.47. The summed E-state index contributed by atoms with van der Waals surface area (Å²) in [6, 6.07) is 6.40. The molecule has 1 aliphatic rings. The Balaban J connectivity index is 0.00000220. The van der Waals surface area contributed by atoms with Crippen LogP contribution in [0.15, 0.2) is 29.4 Å². The Morgan fingerprint density at radius 3 is 2.52 bits per heavy atom. The fourth-order valence-corrected chi connectivity index (χ4v) is 2.24. The van der Waals surface area contributed by atoms with Gasteiger partial charge >= 0.3 is 0 Å². The lowest BCUT2D eigenvalue weighted by Gasteiger charge is -2.34. The van der Waals surface area contributed by atoms with Gasteiger partial charge in [-0.05, 0) is 26.1 Å². The third kappa shape index (κ3) is 4.41. The van der Waals surface area contributed by atoms with Crippen LogP contribution in [0.5, 0.6) is 5.75 Å². The zero-order valence-electron chi connectivity index (χ0n) is 12.4. The van der Waals surface area contributed by atoms with Gasteiger partial charge in [-0.1, -0.05) is 12.1 Å². The second-order valence-corrected chi connectivity index (χ2v) is 5.32. The first-order valence-corrected chi connectivity index (χ1v) is 6.66. The van der Waals surface area contributed by atoms with Crippen molar-refractivity contribution in [2.45, 2.75) is 26.3 Å². The van der Waals surface area contributed by atoms with Gasteiger partial charge in [-0.3, -0.25) is 10.1 Å². The molecule has 6 nitrogen and oxygen atoms in total. The number of non-ortho nitro benzene ring substituents is 1. The van der Waals surface area contributed by atoms with E-state index in [-0.39, 0.29) is 18.1 Å². The van der Waals surface area contributed by atoms with E-state index in [0.717, 1.165) is 18.7 Å². The molecule has 0 saturated carbocycles. The molecule has 0 spiro atoms. The zero-order chi connectivity index (χ0) is 14.7. The number of hydrogen-bond acceptors (Lipinski definition) is 5. The number of hydrogen-bond donors (Lipinski definition) is 0. The van der Waals surface area contributed by atoms with Crippen LogP contribution in [0.3, 0.4) is 0 Å². The fraction of sp³-hybridized carbons (Fsp3) is 0.500. The Morgan fingerprint density at radius 1 is 1.33 bits per heavy atom. The molecule has 1 heterocycles. The molecule has 0 aromatic heterocycles. The number of nitrogens with zero attached hydrogens (tertiary/aromatic N) is 3. The number of nitro benzene ring substituents is 1. The molecule has 0 radical (unpaired) electrons. The minimum Gasteiger partial charge on any atom is -0.357 e. The summed E-state index contributed by atoms with van der Waals surface area (Å²) in [5.74, 6) is 0.871. The fourth-order valence-electron chi connectivity index (χ4n) is 2.24. The van der Waals surface area contributed by atoms with Gasteiger partial charge < -0.3 is 9.74 Å². The maximum atomic E-state index is 10.6. The van der Waals surface area contributed by atoms with Crippen molar-refractivity contribution in [1.82, 2.24) is 4.90 Å². The van der Waals surface area contributed by atoms with Crippen LogP contribution in [0, 0.1) is 16.0 Å². The lowest BCUT2D eigenvalue weighted by molar-refractivity contribution is -0.384. The van der Waals surface area contributed by atoms with Gasteiger partial charge in [0.15, 0.2) is 5.75 Å². The van der Waals surface area contributed by atoms with E-state index in [1.807, 2.05) is 0 Å².